The third-order valence-corrected chi connectivity index (χ3v) is 4.32. The molecule has 0 aromatic heterocycles. The fraction of sp³-hybridized carbons (Fsp3) is 0.294. The Morgan fingerprint density at radius 3 is 2.61 bits per heavy atom. The topological polar surface area (TPSA) is 30.5 Å². The summed E-state index contributed by atoms with van der Waals surface area (Å²) < 4.78 is 25.4. The van der Waals surface area contributed by atoms with E-state index in [4.69, 9.17) is 9.47 Å². The number of benzene rings is 2. The average molecular weight is 403 g/mol. The Balaban J connectivity index is 0.00000192. The van der Waals surface area contributed by atoms with Gasteiger partial charge in [0, 0.05) is 22.1 Å². The molecular formula is C17H18BrClFNO2. The molecule has 0 spiro atoms. The van der Waals surface area contributed by atoms with Crippen LogP contribution in [0.5, 0.6) is 11.5 Å². The van der Waals surface area contributed by atoms with Crippen LogP contribution in [0.4, 0.5) is 4.39 Å². The molecule has 23 heavy (non-hydrogen) atoms. The molecule has 0 atom stereocenters. The smallest absolute Gasteiger partial charge is 0.231 e. The van der Waals surface area contributed by atoms with Crippen molar-refractivity contribution in [3.8, 4) is 11.5 Å². The zero-order chi connectivity index (χ0) is 15.7. The first kappa shape index (κ1) is 18.0. The standard InChI is InChI=1S/C17H17BrFNO2.ClH/c1-17(2,12-4-6-15-16(7-12)22-10-21-15)20-9-11-3-5-13(18)8-14(11)19;/h3-8,20H,9-10H2,1-2H3;1H. The number of hydrogen-bond donors (Lipinski definition) is 1. The van der Waals surface area contributed by atoms with Crippen LogP contribution in [-0.2, 0) is 12.1 Å². The number of fused-ring (bicyclic) bond motifs is 1. The summed E-state index contributed by atoms with van der Waals surface area (Å²) in [5.41, 5.74) is 1.38. The fourth-order valence-electron chi connectivity index (χ4n) is 2.37. The summed E-state index contributed by atoms with van der Waals surface area (Å²) in [7, 11) is 0. The second-order valence-corrected chi connectivity index (χ2v) is 6.70. The molecule has 2 aromatic carbocycles. The summed E-state index contributed by atoms with van der Waals surface area (Å²) in [5.74, 6) is 1.30. The first-order valence-corrected chi connectivity index (χ1v) is 7.84. The van der Waals surface area contributed by atoms with Gasteiger partial charge in [-0.3, -0.25) is 0 Å². The molecule has 1 aliphatic heterocycles. The van der Waals surface area contributed by atoms with Gasteiger partial charge in [0.15, 0.2) is 11.5 Å². The summed E-state index contributed by atoms with van der Waals surface area (Å²) >= 11 is 3.27. The van der Waals surface area contributed by atoms with E-state index in [1.165, 1.54) is 6.07 Å². The minimum Gasteiger partial charge on any atom is -0.454 e. The highest BCUT2D eigenvalue weighted by Gasteiger charge is 2.23. The molecule has 1 aliphatic rings. The summed E-state index contributed by atoms with van der Waals surface area (Å²) in [5, 5.41) is 3.39. The Bertz CT molecular complexity index is 709. The SMILES string of the molecule is CC(C)(NCc1ccc(Br)cc1F)c1ccc2c(c1)OCO2.Cl. The van der Waals surface area contributed by atoms with Gasteiger partial charge in [-0.25, -0.2) is 4.39 Å². The monoisotopic (exact) mass is 401 g/mol. The predicted octanol–water partition coefficient (Wildman–Crippen LogP) is 4.76. The highest BCUT2D eigenvalue weighted by molar-refractivity contribution is 9.10. The van der Waals surface area contributed by atoms with Gasteiger partial charge in [0.2, 0.25) is 6.79 Å². The van der Waals surface area contributed by atoms with E-state index < -0.39 is 0 Å². The lowest BCUT2D eigenvalue weighted by Gasteiger charge is -2.27. The van der Waals surface area contributed by atoms with Gasteiger partial charge in [0.1, 0.15) is 5.82 Å². The first-order valence-electron chi connectivity index (χ1n) is 7.05. The number of ether oxygens (including phenoxy) is 2. The molecule has 3 nitrogen and oxygen atoms in total. The van der Waals surface area contributed by atoms with E-state index in [1.54, 1.807) is 6.07 Å². The van der Waals surface area contributed by atoms with Gasteiger partial charge >= 0.3 is 0 Å². The molecule has 0 saturated heterocycles. The lowest BCUT2D eigenvalue weighted by molar-refractivity contribution is 0.174. The quantitative estimate of drug-likeness (QED) is 0.799. The number of halogens is 3. The molecule has 0 bridgehead atoms. The third kappa shape index (κ3) is 3.97. The largest absolute Gasteiger partial charge is 0.454 e. The first-order chi connectivity index (χ1) is 10.5. The van der Waals surface area contributed by atoms with E-state index in [2.05, 4.69) is 35.1 Å². The Kier molecular flexibility index (Phi) is 5.55. The van der Waals surface area contributed by atoms with E-state index in [0.717, 1.165) is 21.5 Å². The van der Waals surface area contributed by atoms with Crippen molar-refractivity contribution in [2.24, 2.45) is 0 Å². The van der Waals surface area contributed by atoms with Crippen LogP contribution in [-0.4, -0.2) is 6.79 Å². The van der Waals surface area contributed by atoms with Crippen LogP contribution in [0.3, 0.4) is 0 Å². The molecule has 124 valence electrons. The van der Waals surface area contributed by atoms with E-state index in [0.29, 0.717) is 12.1 Å². The molecule has 1 heterocycles. The van der Waals surface area contributed by atoms with Crippen LogP contribution in [0.25, 0.3) is 0 Å². The minimum absolute atomic E-state index is 0. The molecule has 0 fully saturated rings. The maximum absolute atomic E-state index is 13.9. The average Bonchev–Trinajstić information content (AvgIpc) is 2.93. The minimum atomic E-state index is -0.319. The zero-order valence-electron chi connectivity index (χ0n) is 12.9. The molecular weight excluding hydrogens is 385 g/mol. The van der Waals surface area contributed by atoms with Crippen LogP contribution in [0.2, 0.25) is 0 Å². The van der Waals surface area contributed by atoms with Crippen molar-refractivity contribution in [1.82, 2.24) is 5.32 Å². The fourth-order valence-corrected chi connectivity index (χ4v) is 2.70. The van der Waals surface area contributed by atoms with Crippen molar-refractivity contribution in [2.45, 2.75) is 25.9 Å². The van der Waals surface area contributed by atoms with Crippen molar-refractivity contribution >= 4 is 28.3 Å². The molecule has 6 heteroatoms. The second-order valence-electron chi connectivity index (χ2n) is 5.78. The van der Waals surface area contributed by atoms with Gasteiger partial charge in [-0.15, -0.1) is 12.4 Å². The van der Waals surface area contributed by atoms with Gasteiger partial charge < -0.3 is 14.8 Å². The number of rotatable bonds is 4. The highest BCUT2D eigenvalue weighted by Crippen LogP contribution is 2.35. The summed E-state index contributed by atoms with van der Waals surface area (Å²) in [6.45, 7) is 4.82. The van der Waals surface area contributed by atoms with Crippen molar-refractivity contribution in [2.75, 3.05) is 6.79 Å². The van der Waals surface area contributed by atoms with E-state index in [9.17, 15) is 4.39 Å². The van der Waals surface area contributed by atoms with Crippen molar-refractivity contribution in [3.63, 3.8) is 0 Å². The third-order valence-electron chi connectivity index (χ3n) is 3.83. The van der Waals surface area contributed by atoms with Crippen molar-refractivity contribution < 1.29 is 13.9 Å². The summed E-state index contributed by atoms with van der Waals surface area (Å²) in [6.07, 6.45) is 0. The molecule has 0 amide bonds. The van der Waals surface area contributed by atoms with Crippen molar-refractivity contribution in [3.05, 3.63) is 57.8 Å². The van der Waals surface area contributed by atoms with E-state index in [1.807, 2.05) is 24.3 Å². The Morgan fingerprint density at radius 1 is 1.13 bits per heavy atom. The van der Waals surface area contributed by atoms with E-state index in [-0.39, 0.29) is 30.6 Å². The van der Waals surface area contributed by atoms with Gasteiger partial charge in [-0.2, -0.15) is 0 Å². The Morgan fingerprint density at radius 2 is 1.87 bits per heavy atom. The highest BCUT2D eigenvalue weighted by atomic mass is 79.9. The van der Waals surface area contributed by atoms with Gasteiger partial charge in [0.05, 0.1) is 0 Å². The van der Waals surface area contributed by atoms with Crippen LogP contribution in [0.15, 0.2) is 40.9 Å². The lowest BCUT2D eigenvalue weighted by Crippen LogP contribution is -2.36. The van der Waals surface area contributed by atoms with E-state index >= 15 is 0 Å². The second kappa shape index (κ2) is 7.07. The molecule has 0 radical (unpaired) electrons. The normalized spacial score (nSPS) is 12.9. The Labute approximate surface area is 149 Å². The van der Waals surface area contributed by atoms with Crippen LogP contribution in [0.1, 0.15) is 25.0 Å². The number of hydrogen-bond acceptors (Lipinski definition) is 3. The van der Waals surface area contributed by atoms with Crippen LogP contribution < -0.4 is 14.8 Å². The predicted molar refractivity (Wildman–Crippen MR) is 93.8 cm³/mol. The summed E-state index contributed by atoms with van der Waals surface area (Å²) in [4.78, 5) is 0. The molecule has 3 rings (SSSR count). The lowest BCUT2D eigenvalue weighted by atomic mass is 9.93. The molecule has 1 N–H and O–H groups in total. The molecule has 2 aromatic rings. The molecule has 0 aliphatic carbocycles. The molecule has 0 saturated carbocycles. The summed E-state index contributed by atoms with van der Waals surface area (Å²) in [6, 6.07) is 11.0. The van der Waals surface area contributed by atoms with Crippen LogP contribution in [0, 0.1) is 5.82 Å². The van der Waals surface area contributed by atoms with Crippen molar-refractivity contribution in [1.29, 1.82) is 0 Å². The van der Waals surface area contributed by atoms with Gasteiger partial charge in [-0.05, 0) is 43.7 Å². The zero-order valence-corrected chi connectivity index (χ0v) is 15.3. The maximum Gasteiger partial charge on any atom is 0.231 e. The van der Waals surface area contributed by atoms with Gasteiger partial charge in [-0.1, -0.05) is 28.1 Å². The maximum atomic E-state index is 13.9. The van der Waals surface area contributed by atoms with Crippen LogP contribution >= 0.6 is 28.3 Å². The Hall–Kier alpha value is -1.30. The molecule has 0 unspecified atom stereocenters. The number of nitrogens with one attached hydrogen (secondary N) is 1. The van der Waals surface area contributed by atoms with Gasteiger partial charge in [0.25, 0.3) is 0 Å².